The van der Waals surface area contributed by atoms with Crippen LogP contribution in [0.15, 0.2) is 23.5 Å². The summed E-state index contributed by atoms with van der Waals surface area (Å²) in [6.07, 6.45) is 2.80. The van der Waals surface area contributed by atoms with Crippen molar-refractivity contribution in [3.63, 3.8) is 0 Å². The molecule has 0 saturated heterocycles. The van der Waals surface area contributed by atoms with Gasteiger partial charge in [0.05, 0.1) is 5.75 Å². The van der Waals surface area contributed by atoms with Gasteiger partial charge in [0.1, 0.15) is 5.52 Å². The van der Waals surface area contributed by atoms with Crippen LogP contribution in [0.4, 0.5) is 0 Å². The van der Waals surface area contributed by atoms with Gasteiger partial charge in [0.2, 0.25) is 0 Å². The number of hydrogen-bond acceptors (Lipinski definition) is 4. The van der Waals surface area contributed by atoms with Gasteiger partial charge in [0.15, 0.2) is 10.8 Å². The fraction of sp³-hybridized carbons (Fsp3) is 0.462. The second-order valence-corrected chi connectivity index (χ2v) is 5.49. The van der Waals surface area contributed by atoms with Crippen molar-refractivity contribution in [3.05, 3.63) is 18.3 Å². The molecule has 2 heterocycles. The van der Waals surface area contributed by atoms with Crippen molar-refractivity contribution >= 4 is 28.9 Å². The van der Waals surface area contributed by atoms with Crippen LogP contribution in [0.2, 0.25) is 0 Å². The molecule has 102 valence electrons. The van der Waals surface area contributed by atoms with E-state index in [1.54, 1.807) is 6.20 Å². The van der Waals surface area contributed by atoms with E-state index in [1.807, 2.05) is 16.7 Å². The zero-order chi connectivity index (χ0) is 13.8. The summed E-state index contributed by atoms with van der Waals surface area (Å²) in [7, 11) is 0. The fourth-order valence-corrected chi connectivity index (χ4v) is 2.51. The number of carboxylic acid groups (broad SMARTS) is 1. The summed E-state index contributed by atoms with van der Waals surface area (Å²) in [6, 6.07) is 3.74. The second-order valence-electron chi connectivity index (χ2n) is 4.55. The van der Waals surface area contributed by atoms with Crippen LogP contribution in [0.25, 0.3) is 11.2 Å². The summed E-state index contributed by atoms with van der Waals surface area (Å²) < 4.78 is 2.02. The van der Waals surface area contributed by atoms with Gasteiger partial charge in [-0.25, -0.2) is 9.97 Å². The van der Waals surface area contributed by atoms with E-state index < -0.39 is 5.97 Å². The summed E-state index contributed by atoms with van der Waals surface area (Å²) >= 11 is 1.25. The van der Waals surface area contributed by atoms with Crippen molar-refractivity contribution in [3.8, 4) is 0 Å². The predicted octanol–water partition coefficient (Wildman–Crippen LogP) is 2.65. The van der Waals surface area contributed by atoms with Crippen LogP contribution in [-0.4, -0.2) is 31.4 Å². The Kier molecular flexibility index (Phi) is 4.42. The number of pyridine rings is 1. The summed E-state index contributed by atoms with van der Waals surface area (Å²) in [4.78, 5) is 19.5. The van der Waals surface area contributed by atoms with E-state index in [4.69, 9.17) is 5.11 Å². The maximum Gasteiger partial charge on any atom is 0.313 e. The van der Waals surface area contributed by atoms with E-state index in [1.165, 1.54) is 11.8 Å². The minimum Gasteiger partial charge on any atom is -0.481 e. The third-order valence-corrected chi connectivity index (χ3v) is 3.95. The fourth-order valence-electron chi connectivity index (χ4n) is 1.78. The first kappa shape index (κ1) is 13.9. The largest absolute Gasteiger partial charge is 0.481 e. The van der Waals surface area contributed by atoms with Gasteiger partial charge in [0, 0.05) is 12.7 Å². The first-order valence-corrected chi connectivity index (χ1v) is 7.26. The zero-order valence-electron chi connectivity index (χ0n) is 11.0. The number of carboxylic acids is 1. The van der Waals surface area contributed by atoms with E-state index >= 15 is 0 Å². The van der Waals surface area contributed by atoms with Crippen molar-refractivity contribution in [2.75, 3.05) is 5.75 Å². The lowest BCUT2D eigenvalue weighted by Crippen LogP contribution is -2.09. The minimum absolute atomic E-state index is 0.0177. The van der Waals surface area contributed by atoms with E-state index in [0.717, 1.165) is 29.3 Å². The Hall–Kier alpha value is -1.56. The number of nitrogens with zero attached hydrogens (tertiary/aromatic N) is 3. The van der Waals surface area contributed by atoms with Crippen LogP contribution in [-0.2, 0) is 11.3 Å². The van der Waals surface area contributed by atoms with Crippen molar-refractivity contribution in [2.45, 2.75) is 32.0 Å². The SMILES string of the molecule is CCC(C)Cn1c(SCC(=O)O)nc2cccnc21. The van der Waals surface area contributed by atoms with Gasteiger partial charge in [-0.05, 0) is 18.1 Å². The summed E-state index contributed by atoms with van der Waals surface area (Å²) in [6.45, 7) is 5.12. The molecule has 1 atom stereocenters. The molecule has 2 aromatic heterocycles. The Morgan fingerprint density at radius 3 is 3.05 bits per heavy atom. The lowest BCUT2D eigenvalue weighted by atomic mass is 10.1. The number of imidazole rings is 1. The summed E-state index contributed by atoms with van der Waals surface area (Å²) in [5.74, 6) is -0.312. The molecule has 0 radical (unpaired) electrons. The number of hydrogen-bond donors (Lipinski definition) is 1. The van der Waals surface area contributed by atoms with Crippen LogP contribution in [0.1, 0.15) is 20.3 Å². The third kappa shape index (κ3) is 3.26. The molecular formula is C13H17N3O2S. The Morgan fingerprint density at radius 1 is 1.58 bits per heavy atom. The molecule has 0 aromatic carbocycles. The molecule has 0 bridgehead atoms. The number of aliphatic carboxylic acids is 1. The van der Waals surface area contributed by atoms with Crippen LogP contribution in [0.5, 0.6) is 0 Å². The van der Waals surface area contributed by atoms with Gasteiger partial charge in [-0.2, -0.15) is 0 Å². The Morgan fingerprint density at radius 2 is 2.37 bits per heavy atom. The van der Waals surface area contributed by atoms with Crippen LogP contribution < -0.4 is 0 Å². The summed E-state index contributed by atoms with van der Waals surface area (Å²) in [5.41, 5.74) is 1.65. The molecule has 0 fully saturated rings. The number of thioether (sulfide) groups is 1. The minimum atomic E-state index is -0.833. The van der Waals surface area contributed by atoms with Gasteiger partial charge in [0.25, 0.3) is 0 Å². The highest BCUT2D eigenvalue weighted by Crippen LogP contribution is 2.24. The topological polar surface area (TPSA) is 68.0 Å². The number of fused-ring (bicyclic) bond motifs is 1. The molecule has 0 saturated carbocycles. The molecule has 0 spiro atoms. The highest BCUT2D eigenvalue weighted by Gasteiger charge is 2.14. The van der Waals surface area contributed by atoms with Crippen molar-refractivity contribution in [1.82, 2.24) is 14.5 Å². The van der Waals surface area contributed by atoms with E-state index in [9.17, 15) is 4.79 Å². The number of carbonyl (C=O) groups is 1. The first-order valence-electron chi connectivity index (χ1n) is 6.27. The number of rotatable bonds is 6. The van der Waals surface area contributed by atoms with Crippen LogP contribution in [0.3, 0.4) is 0 Å². The molecule has 1 N–H and O–H groups in total. The molecule has 1 unspecified atom stereocenters. The van der Waals surface area contributed by atoms with Crippen LogP contribution in [0, 0.1) is 5.92 Å². The second kappa shape index (κ2) is 6.06. The molecular weight excluding hydrogens is 262 g/mol. The van der Waals surface area contributed by atoms with Gasteiger partial charge in [-0.3, -0.25) is 4.79 Å². The standard InChI is InChI=1S/C13H17N3O2S/c1-3-9(2)7-16-12-10(5-4-6-14-12)15-13(16)19-8-11(17)18/h4-6,9H,3,7-8H2,1-2H3,(H,17,18). The Balaban J connectivity index is 2.36. The lowest BCUT2D eigenvalue weighted by Gasteiger charge is -2.12. The Labute approximate surface area is 116 Å². The smallest absolute Gasteiger partial charge is 0.313 e. The zero-order valence-corrected chi connectivity index (χ0v) is 11.9. The van der Waals surface area contributed by atoms with E-state index in [0.29, 0.717) is 5.92 Å². The molecule has 19 heavy (non-hydrogen) atoms. The number of aromatic nitrogens is 3. The maximum absolute atomic E-state index is 10.7. The Bertz CT molecular complexity index is 582. The van der Waals surface area contributed by atoms with Gasteiger partial charge in [-0.1, -0.05) is 32.0 Å². The quantitative estimate of drug-likeness (QED) is 0.823. The molecule has 5 nitrogen and oxygen atoms in total. The van der Waals surface area contributed by atoms with Crippen molar-refractivity contribution in [2.24, 2.45) is 5.92 Å². The molecule has 2 aromatic rings. The van der Waals surface area contributed by atoms with Gasteiger partial charge in [-0.15, -0.1) is 0 Å². The average Bonchev–Trinajstić information content (AvgIpc) is 2.74. The van der Waals surface area contributed by atoms with Gasteiger partial charge < -0.3 is 9.67 Å². The highest BCUT2D eigenvalue weighted by atomic mass is 32.2. The molecule has 0 aliphatic rings. The monoisotopic (exact) mass is 279 g/mol. The van der Waals surface area contributed by atoms with Crippen molar-refractivity contribution in [1.29, 1.82) is 0 Å². The molecule has 0 aliphatic carbocycles. The van der Waals surface area contributed by atoms with Gasteiger partial charge >= 0.3 is 5.97 Å². The van der Waals surface area contributed by atoms with Crippen LogP contribution >= 0.6 is 11.8 Å². The normalized spacial score (nSPS) is 12.7. The highest BCUT2D eigenvalue weighted by molar-refractivity contribution is 7.99. The first-order chi connectivity index (χ1) is 9.11. The van der Waals surface area contributed by atoms with Crippen molar-refractivity contribution < 1.29 is 9.90 Å². The molecule has 0 amide bonds. The average molecular weight is 279 g/mol. The molecule has 6 heteroatoms. The van der Waals surface area contributed by atoms with E-state index in [2.05, 4.69) is 23.8 Å². The lowest BCUT2D eigenvalue weighted by molar-refractivity contribution is -0.133. The predicted molar refractivity (Wildman–Crippen MR) is 75.3 cm³/mol. The van der Waals surface area contributed by atoms with E-state index in [-0.39, 0.29) is 5.75 Å². The third-order valence-electron chi connectivity index (χ3n) is 2.98. The molecule has 2 rings (SSSR count). The maximum atomic E-state index is 10.7. The molecule has 0 aliphatic heterocycles. The summed E-state index contributed by atoms with van der Waals surface area (Å²) in [5, 5.41) is 9.53.